The number of morpholine rings is 1. The first-order valence-corrected chi connectivity index (χ1v) is 19.1. The minimum absolute atomic E-state index is 0.0468. The first kappa shape index (κ1) is 44.0. The van der Waals surface area contributed by atoms with Crippen molar-refractivity contribution in [3.05, 3.63) is 106 Å². The molecule has 2 amide bonds. The molecule has 5 rings (SSSR count). The number of nitrogens with zero attached hydrogens (tertiary/aromatic N) is 3. The van der Waals surface area contributed by atoms with Gasteiger partial charge in [-0.15, -0.1) is 5.73 Å². The van der Waals surface area contributed by atoms with Gasteiger partial charge in [-0.05, 0) is 107 Å². The number of carbonyl (C=O) groups is 4. The Labute approximate surface area is 327 Å². The molecule has 0 aromatic heterocycles. The van der Waals surface area contributed by atoms with Crippen LogP contribution in [0.4, 0.5) is 11.4 Å². The minimum atomic E-state index is -0.247. The van der Waals surface area contributed by atoms with Gasteiger partial charge in [-0.25, -0.2) is 0 Å². The molecule has 9 nitrogen and oxygen atoms in total. The van der Waals surface area contributed by atoms with E-state index in [0.717, 1.165) is 77.3 Å². The Bertz CT molecular complexity index is 1890. The molecule has 2 aromatic rings. The number of ketones is 2. The number of allylic oxidation sites excluding steroid dienone is 6. The second kappa shape index (κ2) is 21.5. The number of amides is 2. The van der Waals surface area contributed by atoms with Crippen LogP contribution in [0.2, 0.25) is 0 Å². The second-order valence-electron chi connectivity index (χ2n) is 13.8. The highest BCUT2D eigenvalue weighted by molar-refractivity contribution is 6.13. The van der Waals surface area contributed by atoms with Gasteiger partial charge in [0, 0.05) is 91.7 Å². The summed E-state index contributed by atoms with van der Waals surface area (Å²) < 4.78 is 5.59. The molecule has 292 valence electrons. The maximum atomic E-state index is 14.4. The Morgan fingerprint density at radius 1 is 1.00 bits per heavy atom. The van der Waals surface area contributed by atoms with Gasteiger partial charge in [-0.1, -0.05) is 43.9 Å². The fourth-order valence-corrected chi connectivity index (χ4v) is 7.21. The largest absolute Gasteiger partial charge is 0.378 e. The number of aryl methyl sites for hydroxylation is 1. The third kappa shape index (κ3) is 11.6. The smallest absolute Gasteiger partial charge is 0.226 e. The summed E-state index contributed by atoms with van der Waals surface area (Å²) in [4.78, 5) is 54.6. The van der Waals surface area contributed by atoms with Crippen molar-refractivity contribution in [2.45, 2.75) is 80.2 Å². The van der Waals surface area contributed by atoms with Gasteiger partial charge in [-0.3, -0.25) is 19.3 Å². The van der Waals surface area contributed by atoms with Crippen molar-refractivity contribution in [1.29, 1.82) is 5.41 Å². The molecule has 1 aliphatic carbocycles. The molecule has 0 spiro atoms. The highest BCUT2D eigenvalue weighted by Gasteiger charge is 2.25. The van der Waals surface area contributed by atoms with Crippen LogP contribution in [0.25, 0.3) is 17.7 Å². The Balaban J connectivity index is 0.000000926. The van der Waals surface area contributed by atoms with Crippen molar-refractivity contribution < 1.29 is 23.9 Å². The normalized spacial score (nSPS) is 16.5. The fourth-order valence-electron chi connectivity index (χ4n) is 7.21. The number of Topliss-reactive ketones (excluding diaryl/α,β-unsaturated/α-hetero) is 1. The van der Waals surface area contributed by atoms with Gasteiger partial charge in [-0.2, -0.15) is 0 Å². The summed E-state index contributed by atoms with van der Waals surface area (Å²) in [7, 11) is 0. The van der Waals surface area contributed by atoms with Crippen molar-refractivity contribution in [2.24, 2.45) is 0 Å². The average molecular weight is 747 g/mol. The summed E-state index contributed by atoms with van der Waals surface area (Å²) in [5.74, 6) is -0.251. The maximum absolute atomic E-state index is 14.4. The zero-order valence-electron chi connectivity index (χ0n) is 33.8. The lowest BCUT2D eigenvalue weighted by molar-refractivity contribution is -0.144. The Kier molecular flexibility index (Phi) is 17.2. The number of carbonyl (C=O) groups excluding carboxylic acids is 4. The van der Waals surface area contributed by atoms with E-state index >= 15 is 0 Å². The van der Waals surface area contributed by atoms with Crippen molar-refractivity contribution in [3.63, 3.8) is 0 Å². The lowest BCUT2D eigenvalue weighted by Gasteiger charge is -2.31. The Morgan fingerprint density at radius 3 is 2.29 bits per heavy atom. The minimum Gasteiger partial charge on any atom is -0.378 e. The van der Waals surface area contributed by atoms with E-state index in [9.17, 15) is 19.2 Å². The van der Waals surface area contributed by atoms with Crippen molar-refractivity contribution in [3.8, 4) is 0 Å². The standard InChI is InChI=1S/C40H45N3O4.C5H10O.CH3N/c1-7-41-19-11-12-32(16-15-29(4)43(30(5)44)31(6)45)24-27(2)37-26-33(25-28(3)39(37)41)40(46)36-17-18-38(42-20-22-47-23-21-42)35-14-10-8-9-13-34(35)36;1-3-4-5(2)6;1-2/h8,10-14,17-18,24-26,29H,2,7,15-16,19-23H2,1,3-6H3;3-4H2,1-2H3;2H,1H2/b12-11-,32-24+;;. The van der Waals surface area contributed by atoms with Crippen LogP contribution in [-0.4, -0.2) is 80.4 Å². The third-order valence-corrected chi connectivity index (χ3v) is 9.74. The molecule has 1 unspecified atom stereocenters. The molecule has 1 N–H and O–H groups in total. The summed E-state index contributed by atoms with van der Waals surface area (Å²) in [5.41, 5.74) is 12.3. The highest BCUT2D eigenvalue weighted by Crippen LogP contribution is 2.37. The van der Waals surface area contributed by atoms with E-state index in [1.807, 2.05) is 50.3 Å². The summed E-state index contributed by atoms with van der Waals surface area (Å²) >= 11 is 0. The van der Waals surface area contributed by atoms with Crippen LogP contribution in [0.1, 0.15) is 105 Å². The molecule has 1 atom stereocenters. The Hall–Kier alpha value is -5.37. The lowest BCUT2D eigenvalue weighted by Crippen LogP contribution is -2.40. The number of likely N-dealkylation sites (N-methyl/N-ethyl adjacent to an activating group) is 1. The molecule has 0 saturated carbocycles. The van der Waals surface area contributed by atoms with E-state index in [1.165, 1.54) is 18.7 Å². The van der Waals surface area contributed by atoms with Gasteiger partial charge in [0.2, 0.25) is 11.8 Å². The molecule has 3 aliphatic rings. The quantitative estimate of drug-likeness (QED) is 0.147. The van der Waals surface area contributed by atoms with Crippen LogP contribution in [0, 0.1) is 12.3 Å². The van der Waals surface area contributed by atoms with Gasteiger partial charge >= 0.3 is 0 Å². The van der Waals surface area contributed by atoms with Crippen LogP contribution in [0.15, 0.2) is 72.5 Å². The lowest BCUT2D eigenvalue weighted by atomic mass is 9.89. The van der Waals surface area contributed by atoms with Crippen molar-refractivity contribution in [1.82, 2.24) is 4.90 Å². The zero-order valence-corrected chi connectivity index (χ0v) is 33.8. The Morgan fingerprint density at radius 2 is 1.69 bits per heavy atom. The molecule has 2 heterocycles. The van der Waals surface area contributed by atoms with E-state index in [2.05, 4.69) is 73.0 Å². The van der Waals surface area contributed by atoms with Gasteiger partial charge in [0.1, 0.15) is 5.78 Å². The molecule has 2 aromatic carbocycles. The van der Waals surface area contributed by atoms with Crippen LogP contribution in [0.5, 0.6) is 0 Å². The van der Waals surface area contributed by atoms with E-state index in [4.69, 9.17) is 10.1 Å². The number of benzene rings is 2. The molecule has 2 aliphatic heterocycles. The summed E-state index contributed by atoms with van der Waals surface area (Å²) in [6.45, 7) is 24.0. The third-order valence-electron chi connectivity index (χ3n) is 9.74. The maximum Gasteiger partial charge on any atom is 0.226 e. The first-order valence-electron chi connectivity index (χ1n) is 19.1. The van der Waals surface area contributed by atoms with Gasteiger partial charge in [0.15, 0.2) is 5.78 Å². The predicted molar refractivity (Wildman–Crippen MR) is 227 cm³/mol. The number of rotatable bonds is 10. The highest BCUT2D eigenvalue weighted by atomic mass is 16.5. The number of nitrogens with one attached hydrogen (secondary N) is 1. The molecule has 55 heavy (non-hydrogen) atoms. The molecule has 1 saturated heterocycles. The second-order valence-corrected chi connectivity index (χ2v) is 13.8. The van der Waals surface area contributed by atoms with Gasteiger partial charge in [0.25, 0.3) is 0 Å². The molecular formula is C46H58N4O5. The van der Waals surface area contributed by atoms with Crippen LogP contribution in [0.3, 0.4) is 0 Å². The number of ether oxygens (including phenoxy) is 1. The van der Waals surface area contributed by atoms with E-state index in [0.29, 0.717) is 43.7 Å². The number of fused-ring (bicyclic) bond motifs is 2. The fraction of sp³-hybridized carbons (Fsp3) is 0.391. The topological polar surface area (TPSA) is 111 Å². The summed E-state index contributed by atoms with van der Waals surface area (Å²) in [6, 6.07) is 7.76. The van der Waals surface area contributed by atoms with Crippen LogP contribution in [-0.2, 0) is 19.1 Å². The number of hydrogen-bond acceptors (Lipinski definition) is 8. The summed E-state index contributed by atoms with van der Waals surface area (Å²) in [5, 5.41) is 5.50. The van der Waals surface area contributed by atoms with Gasteiger partial charge < -0.3 is 24.7 Å². The number of hydrogen-bond donors (Lipinski definition) is 1. The monoisotopic (exact) mass is 746 g/mol. The number of anilines is 2. The average Bonchev–Trinajstić information content (AvgIpc) is 3.39. The van der Waals surface area contributed by atoms with Crippen molar-refractivity contribution in [2.75, 3.05) is 49.2 Å². The first-order chi connectivity index (χ1) is 26.4. The molecule has 1 fully saturated rings. The number of imide groups is 1. The van der Waals surface area contributed by atoms with E-state index in [-0.39, 0.29) is 29.4 Å². The van der Waals surface area contributed by atoms with Crippen molar-refractivity contribution >= 4 is 59.2 Å². The van der Waals surface area contributed by atoms with E-state index < -0.39 is 0 Å². The summed E-state index contributed by atoms with van der Waals surface area (Å²) in [6.07, 6.45) is 17.2. The SMILES string of the molecule is C=C1/C=C(CCC(C)N(C(C)=O)C(C)=O)\C=C/CN(CC)c2c(C)cc(C(=O)c3ccc(N4CCOCC4)c4c3C=C=CC=C4)cc21.C=N.CCCC(C)=O. The van der Waals surface area contributed by atoms with E-state index in [1.54, 1.807) is 6.92 Å². The molecular weight excluding hydrogens is 689 g/mol. The molecule has 0 radical (unpaired) electrons. The zero-order chi connectivity index (χ0) is 40.7. The van der Waals surface area contributed by atoms with Gasteiger partial charge in [0.05, 0.1) is 13.2 Å². The predicted octanol–water partition coefficient (Wildman–Crippen LogP) is 8.80. The van der Waals surface area contributed by atoms with Crippen LogP contribution < -0.4 is 9.80 Å². The van der Waals surface area contributed by atoms with Crippen LogP contribution >= 0.6 is 0 Å². The molecule has 0 bridgehead atoms. The molecule has 9 heteroatoms.